The number of likely N-dealkylation sites (tertiary alicyclic amines) is 1. The number of piperidine rings is 1. The van der Waals surface area contributed by atoms with Gasteiger partial charge in [-0.1, -0.05) is 12.8 Å². The van der Waals surface area contributed by atoms with Gasteiger partial charge in [0.25, 0.3) is 0 Å². The minimum Gasteiger partial charge on any atom is -0.299 e. The molecule has 78 valence electrons. The minimum atomic E-state index is 0.880. The lowest BCUT2D eigenvalue weighted by atomic mass is 9.78. The van der Waals surface area contributed by atoms with Gasteiger partial charge in [-0.15, -0.1) is 12.3 Å². The summed E-state index contributed by atoms with van der Waals surface area (Å²) in [7, 11) is 0. The molecule has 1 heterocycles. The van der Waals surface area contributed by atoms with Gasteiger partial charge in [0.1, 0.15) is 0 Å². The highest BCUT2D eigenvalue weighted by Gasteiger charge is 2.32. The molecular formula is C13H21N. The zero-order valence-electron chi connectivity index (χ0n) is 9.04. The van der Waals surface area contributed by atoms with Crippen molar-refractivity contribution in [3.63, 3.8) is 0 Å². The van der Waals surface area contributed by atoms with E-state index in [1.54, 1.807) is 0 Å². The number of rotatable bonds is 2. The van der Waals surface area contributed by atoms with Crippen LogP contribution in [0.3, 0.4) is 0 Å². The third-order valence-corrected chi connectivity index (χ3v) is 3.90. The van der Waals surface area contributed by atoms with Gasteiger partial charge in [-0.25, -0.2) is 0 Å². The van der Waals surface area contributed by atoms with Gasteiger partial charge in [0, 0.05) is 19.0 Å². The van der Waals surface area contributed by atoms with E-state index in [-0.39, 0.29) is 0 Å². The lowest BCUT2D eigenvalue weighted by molar-refractivity contribution is 0.0630. The smallest absolute Gasteiger partial charge is 0.0214 e. The predicted octanol–water partition coefficient (Wildman–Crippen LogP) is 2.66. The first-order valence-electron chi connectivity index (χ1n) is 6.09. The fourth-order valence-corrected chi connectivity index (χ4v) is 3.21. The molecule has 14 heavy (non-hydrogen) atoms. The third-order valence-electron chi connectivity index (χ3n) is 3.90. The molecule has 1 saturated heterocycles. The molecule has 0 spiro atoms. The summed E-state index contributed by atoms with van der Waals surface area (Å²) < 4.78 is 0. The van der Waals surface area contributed by atoms with Gasteiger partial charge < -0.3 is 0 Å². The maximum atomic E-state index is 5.34. The third kappa shape index (κ3) is 2.12. The van der Waals surface area contributed by atoms with Crippen LogP contribution in [-0.4, -0.2) is 24.0 Å². The molecule has 0 aromatic carbocycles. The molecule has 0 bridgehead atoms. The van der Waals surface area contributed by atoms with E-state index in [0.717, 1.165) is 24.9 Å². The fourth-order valence-electron chi connectivity index (χ4n) is 3.21. The Morgan fingerprint density at radius 2 is 1.93 bits per heavy atom. The Kier molecular flexibility index (Phi) is 3.48. The van der Waals surface area contributed by atoms with E-state index >= 15 is 0 Å². The summed E-state index contributed by atoms with van der Waals surface area (Å²) in [5.41, 5.74) is 0. The van der Waals surface area contributed by atoms with Crippen LogP contribution in [0.2, 0.25) is 0 Å². The first-order chi connectivity index (χ1) is 6.92. The van der Waals surface area contributed by atoms with E-state index in [2.05, 4.69) is 10.8 Å². The molecule has 1 saturated carbocycles. The monoisotopic (exact) mass is 191 g/mol. The Balaban J connectivity index is 1.91. The maximum Gasteiger partial charge on any atom is 0.0214 e. The number of nitrogens with zero attached hydrogens (tertiary/aromatic N) is 1. The first kappa shape index (κ1) is 10.1. The second kappa shape index (κ2) is 4.84. The van der Waals surface area contributed by atoms with Gasteiger partial charge in [-0.2, -0.15) is 0 Å². The highest BCUT2D eigenvalue weighted by atomic mass is 15.2. The highest BCUT2D eigenvalue weighted by Crippen LogP contribution is 2.35. The number of hydrogen-bond acceptors (Lipinski definition) is 1. The Bertz CT molecular complexity index is 214. The van der Waals surface area contributed by atoms with Crippen molar-refractivity contribution in [3.05, 3.63) is 0 Å². The fraction of sp³-hybridized carbons (Fsp3) is 0.846. The Hall–Kier alpha value is -0.480. The molecule has 1 aliphatic carbocycles. The van der Waals surface area contributed by atoms with Crippen LogP contribution >= 0.6 is 0 Å². The SMILES string of the molecule is C#CCCN1CCC[C@@H]2CCCC[C@@H]21. The predicted molar refractivity (Wildman–Crippen MR) is 60.0 cm³/mol. The van der Waals surface area contributed by atoms with Crippen molar-refractivity contribution >= 4 is 0 Å². The van der Waals surface area contributed by atoms with Crippen molar-refractivity contribution in [1.29, 1.82) is 0 Å². The van der Waals surface area contributed by atoms with Crippen LogP contribution in [0.4, 0.5) is 0 Å². The summed E-state index contributed by atoms with van der Waals surface area (Å²) in [5.74, 6) is 3.76. The molecule has 2 fully saturated rings. The molecule has 1 nitrogen and oxygen atoms in total. The van der Waals surface area contributed by atoms with Gasteiger partial charge in [0.2, 0.25) is 0 Å². The van der Waals surface area contributed by atoms with Crippen molar-refractivity contribution in [2.24, 2.45) is 5.92 Å². The number of terminal acetylenes is 1. The molecule has 0 unspecified atom stereocenters. The van der Waals surface area contributed by atoms with E-state index in [9.17, 15) is 0 Å². The summed E-state index contributed by atoms with van der Waals surface area (Å²) in [4.78, 5) is 2.66. The van der Waals surface area contributed by atoms with Crippen molar-refractivity contribution in [2.75, 3.05) is 13.1 Å². The maximum absolute atomic E-state index is 5.34. The average molecular weight is 191 g/mol. The molecule has 0 amide bonds. The largest absolute Gasteiger partial charge is 0.299 e. The normalized spacial score (nSPS) is 33.4. The zero-order chi connectivity index (χ0) is 9.80. The van der Waals surface area contributed by atoms with Crippen LogP contribution in [-0.2, 0) is 0 Å². The Morgan fingerprint density at radius 1 is 1.14 bits per heavy atom. The standard InChI is InChI=1S/C13H21N/c1-2-3-10-14-11-6-8-12-7-4-5-9-13(12)14/h1,12-13H,3-11H2/t12-,13-/m0/s1. The van der Waals surface area contributed by atoms with E-state index in [4.69, 9.17) is 6.42 Å². The van der Waals surface area contributed by atoms with E-state index in [1.807, 2.05) is 0 Å². The van der Waals surface area contributed by atoms with Crippen LogP contribution in [0.15, 0.2) is 0 Å². The molecule has 0 N–H and O–H groups in total. The molecule has 0 aromatic rings. The second-order valence-electron chi connectivity index (χ2n) is 4.74. The minimum absolute atomic E-state index is 0.880. The quantitative estimate of drug-likeness (QED) is 0.607. The van der Waals surface area contributed by atoms with E-state index in [1.165, 1.54) is 45.1 Å². The molecule has 1 heteroatoms. The lowest BCUT2D eigenvalue weighted by Crippen LogP contribution is -2.46. The van der Waals surface area contributed by atoms with Crippen LogP contribution < -0.4 is 0 Å². The highest BCUT2D eigenvalue weighted by molar-refractivity contribution is 4.90. The first-order valence-corrected chi connectivity index (χ1v) is 6.09. The van der Waals surface area contributed by atoms with Crippen molar-refractivity contribution in [3.8, 4) is 12.3 Å². The van der Waals surface area contributed by atoms with Gasteiger partial charge in [0.15, 0.2) is 0 Å². The van der Waals surface area contributed by atoms with Gasteiger partial charge in [0.05, 0.1) is 0 Å². The van der Waals surface area contributed by atoms with Crippen molar-refractivity contribution < 1.29 is 0 Å². The van der Waals surface area contributed by atoms with Crippen molar-refractivity contribution in [2.45, 2.75) is 51.0 Å². The van der Waals surface area contributed by atoms with Crippen LogP contribution in [0.25, 0.3) is 0 Å². The lowest BCUT2D eigenvalue weighted by Gasteiger charge is -2.44. The second-order valence-corrected chi connectivity index (χ2v) is 4.74. The van der Waals surface area contributed by atoms with Crippen molar-refractivity contribution in [1.82, 2.24) is 4.90 Å². The summed E-state index contributed by atoms with van der Waals surface area (Å²) in [6.07, 6.45) is 14.9. The summed E-state index contributed by atoms with van der Waals surface area (Å²) in [6, 6.07) is 0.880. The van der Waals surface area contributed by atoms with Gasteiger partial charge in [-0.3, -0.25) is 4.90 Å². The van der Waals surface area contributed by atoms with Crippen LogP contribution in [0.5, 0.6) is 0 Å². The zero-order valence-corrected chi connectivity index (χ0v) is 9.04. The molecule has 0 aromatic heterocycles. The number of hydrogen-bond donors (Lipinski definition) is 0. The van der Waals surface area contributed by atoms with E-state index in [0.29, 0.717) is 0 Å². The molecule has 2 atom stereocenters. The molecule has 0 radical (unpaired) electrons. The Morgan fingerprint density at radius 3 is 2.79 bits per heavy atom. The molecule has 1 aliphatic heterocycles. The summed E-state index contributed by atoms with van der Waals surface area (Å²) in [5, 5.41) is 0. The average Bonchev–Trinajstić information content (AvgIpc) is 2.26. The van der Waals surface area contributed by atoms with Crippen LogP contribution in [0, 0.1) is 18.3 Å². The topological polar surface area (TPSA) is 3.24 Å². The van der Waals surface area contributed by atoms with Gasteiger partial charge in [-0.05, 0) is 38.1 Å². The van der Waals surface area contributed by atoms with Gasteiger partial charge >= 0.3 is 0 Å². The summed E-state index contributed by atoms with van der Waals surface area (Å²) >= 11 is 0. The molecule has 2 rings (SSSR count). The summed E-state index contributed by atoms with van der Waals surface area (Å²) in [6.45, 7) is 2.43. The number of fused-ring (bicyclic) bond motifs is 1. The Labute approximate surface area is 87.9 Å². The van der Waals surface area contributed by atoms with Crippen LogP contribution in [0.1, 0.15) is 44.9 Å². The van der Waals surface area contributed by atoms with E-state index < -0.39 is 0 Å². The molecular weight excluding hydrogens is 170 g/mol. The molecule has 2 aliphatic rings.